The maximum Gasteiger partial charge on any atom is 0.251 e. The van der Waals surface area contributed by atoms with Crippen molar-refractivity contribution in [1.29, 1.82) is 0 Å². The number of fused-ring (bicyclic) bond motifs is 1. The monoisotopic (exact) mass is 498 g/mol. The van der Waals surface area contributed by atoms with Crippen LogP contribution in [0.15, 0.2) is 73.3 Å². The van der Waals surface area contributed by atoms with Gasteiger partial charge in [0.1, 0.15) is 19.3 Å². The number of nitrogens with one attached hydrogen (secondary N) is 1. The highest BCUT2D eigenvalue weighted by molar-refractivity contribution is 6.18. The molecule has 6 nitrogen and oxygen atoms in total. The van der Waals surface area contributed by atoms with Gasteiger partial charge in [-0.1, -0.05) is 66.7 Å². The molecule has 0 spiro atoms. The Kier molecular flexibility index (Phi) is 7.58. The summed E-state index contributed by atoms with van der Waals surface area (Å²) < 4.78 is 11.3. The normalized spacial score (nSPS) is 16.7. The van der Waals surface area contributed by atoms with Gasteiger partial charge in [-0.15, -0.1) is 0 Å². The number of carbonyl (C=O) groups is 1. The molecule has 3 aromatic carbocycles. The van der Waals surface area contributed by atoms with Gasteiger partial charge in [0.15, 0.2) is 11.5 Å². The molecule has 3 aromatic rings. The number of aliphatic hydroxyl groups is 1. The molecular formula is C31H34N2O4. The maximum absolute atomic E-state index is 13.3. The zero-order valence-corrected chi connectivity index (χ0v) is 21.3. The molecule has 0 aromatic heterocycles. The second-order valence-corrected chi connectivity index (χ2v) is 9.86. The van der Waals surface area contributed by atoms with E-state index < -0.39 is 12.1 Å². The van der Waals surface area contributed by atoms with E-state index in [1.54, 1.807) is 6.07 Å². The lowest BCUT2D eigenvalue weighted by Crippen LogP contribution is -2.46. The predicted octanol–water partition coefficient (Wildman–Crippen LogP) is 4.76. The molecule has 1 amide bonds. The molecule has 6 heteroatoms. The van der Waals surface area contributed by atoms with Gasteiger partial charge in [0.25, 0.3) is 5.91 Å². The minimum absolute atomic E-state index is 0.288. The van der Waals surface area contributed by atoms with Gasteiger partial charge in [-0.05, 0) is 67.2 Å². The zero-order valence-electron chi connectivity index (χ0n) is 21.3. The third-order valence-corrected chi connectivity index (χ3v) is 7.15. The molecule has 2 unspecified atom stereocenters. The maximum atomic E-state index is 13.3. The van der Waals surface area contributed by atoms with E-state index >= 15 is 0 Å². The Bertz CT molecular complexity index is 1250. The number of nitrogens with zero attached hydrogens (tertiary/aromatic N) is 1. The molecule has 192 valence electrons. The van der Waals surface area contributed by atoms with E-state index in [2.05, 4.69) is 48.0 Å². The van der Waals surface area contributed by atoms with E-state index in [9.17, 15) is 9.90 Å². The van der Waals surface area contributed by atoms with Gasteiger partial charge in [0, 0.05) is 12.1 Å². The van der Waals surface area contributed by atoms with Crippen LogP contribution in [-0.2, 0) is 4.79 Å². The van der Waals surface area contributed by atoms with Gasteiger partial charge in [-0.25, -0.2) is 0 Å². The first kappa shape index (κ1) is 25.1. The average molecular weight is 499 g/mol. The number of hydrogen-bond acceptors (Lipinski definition) is 5. The number of rotatable bonds is 8. The highest BCUT2D eigenvalue weighted by Gasteiger charge is 2.28. The molecule has 0 bridgehead atoms. The highest BCUT2D eigenvalue weighted by Crippen LogP contribution is 2.34. The average Bonchev–Trinajstić information content (AvgIpc) is 3.45. The highest BCUT2D eigenvalue weighted by atomic mass is 16.6. The molecule has 2 aliphatic rings. The molecule has 0 saturated carbocycles. The van der Waals surface area contributed by atoms with Crippen molar-refractivity contribution in [2.24, 2.45) is 0 Å². The van der Waals surface area contributed by atoms with Crippen LogP contribution in [0.25, 0.3) is 16.7 Å². The number of ether oxygens (including phenoxy) is 2. The number of likely N-dealkylation sites (tertiary alicyclic amines) is 1. The topological polar surface area (TPSA) is 71.0 Å². The van der Waals surface area contributed by atoms with Crippen molar-refractivity contribution in [3.63, 3.8) is 0 Å². The lowest BCUT2D eigenvalue weighted by Gasteiger charge is -2.29. The molecule has 2 N–H and O–H groups in total. The minimum atomic E-state index is -0.905. The number of hydrogen-bond donors (Lipinski definition) is 2. The molecule has 2 atom stereocenters. The van der Waals surface area contributed by atoms with E-state index in [0.29, 0.717) is 42.4 Å². The second-order valence-electron chi connectivity index (χ2n) is 9.86. The summed E-state index contributed by atoms with van der Waals surface area (Å²) in [5.41, 5.74) is 5.23. The molecule has 1 fully saturated rings. The van der Waals surface area contributed by atoms with Gasteiger partial charge in [0.2, 0.25) is 0 Å². The molecule has 5 rings (SSSR count). The summed E-state index contributed by atoms with van der Waals surface area (Å²) in [6.07, 6.45) is 1.35. The summed E-state index contributed by atoms with van der Waals surface area (Å²) in [6.45, 7) is 9.60. The van der Waals surface area contributed by atoms with E-state index in [-0.39, 0.29) is 5.91 Å². The van der Waals surface area contributed by atoms with Crippen molar-refractivity contribution in [2.45, 2.75) is 31.9 Å². The summed E-state index contributed by atoms with van der Waals surface area (Å²) in [5.74, 6) is 1.00. The number of amides is 1. The first-order valence-electron chi connectivity index (χ1n) is 12.9. The standard InChI is InChI=1S/C31H34N2O4/c1-21-5-7-24(8-6-21)25-11-9-23(10-12-25)22(2)31(35)32-27(20-33-15-3-4-16-33)30(34)26-13-14-28-29(19-26)37-18-17-36-28/h5-14,19,27,30,34H,2-4,15-18,20H2,1H3,(H,32,35). The summed E-state index contributed by atoms with van der Waals surface area (Å²) in [4.78, 5) is 15.6. The van der Waals surface area contributed by atoms with Crippen LogP contribution in [0.1, 0.15) is 35.6 Å². The van der Waals surface area contributed by atoms with Crippen LogP contribution >= 0.6 is 0 Å². The first-order chi connectivity index (χ1) is 18.0. The number of benzene rings is 3. The van der Waals surface area contributed by atoms with Crippen molar-refractivity contribution in [2.75, 3.05) is 32.8 Å². The van der Waals surface area contributed by atoms with Gasteiger partial charge >= 0.3 is 0 Å². The largest absolute Gasteiger partial charge is 0.486 e. The fourth-order valence-electron chi connectivity index (χ4n) is 4.94. The van der Waals surface area contributed by atoms with Gasteiger partial charge < -0.3 is 24.8 Å². The second kappa shape index (κ2) is 11.2. The molecule has 0 aliphatic carbocycles. The van der Waals surface area contributed by atoms with Crippen molar-refractivity contribution in [3.05, 3.63) is 90.0 Å². The third kappa shape index (κ3) is 5.87. The number of aliphatic hydroxyl groups excluding tert-OH is 1. The lowest BCUT2D eigenvalue weighted by molar-refractivity contribution is -0.117. The number of carbonyl (C=O) groups excluding carboxylic acids is 1. The predicted molar refractivity (Wildman–Crippen MR) is 146 cm³/mol. The smallest absolute Gasteiger partial charge is 0.251 e. The molecule has 37 heavy (non-hydrogen) atoms. The Balaban J connectivity index is 1.31. The zero-order chi connectivity index (χ0) is 25.8. The molecule has 0 radical (unpaired) electrons. The van der Waals surface area contributed by atoms with Crippen molar-refractivity contribution in [3.8, 4) is 22.6 Å². The van der Waals surface area contributed by atoms with Crippen LogP contribution in [0.5, 0.6) is 11.5 Å². The van der Waals surface area contributed by atoms with Crippen molar-refractivity contribution >= 4 is 11.5 Å². The van der Waals surface area contributed by atoms with E-state index in [1.807, 2.05) is 36.4 Å². The number of aryl methyl sites for hydroxylation is 1. The molecular weight excluding hydrogens is 464 g/mol. The summed E-state index contributed by atoms with van der Waals surface area (Å²) in [6, 6.07) is 21.2. The lowest BCUT2D eigenvalue weighted by atomic mass is 9.98. The molecule has 1 saturated heterocycles. The van der Waals surface area contributed by atoms with Crippen LogP contribution in [0.2, 0.25) is 0 Å². The SMILES string of the molecule is C=C(C(=O)NC(CN1CCCC1)C(O)c1ccc2c(c1)OCCO2)c1ccc(-c2ccc(C)cc2)cc1. The van der Waals surface area contributed by atoms with Crippen molar-refractivity contribution in [1.82, 2.24) is 10.2 Å². The molecule has 2 aliphatic heterocycles. The van der Waals surface area contributed by atoms with Gasteiger partial charge in [-0.2, -0.15) is 0 Å². The van der Waals surface area contributed by atoms with Gasteiger partial charge in [0.05, 0.1) is 6.04 Å². The van der Waals surface area contributed by atoms with E-state index in [1.165, 1.54) is 5.56 Å². The summed E-state index contributed by atoms with van der Waals surface area (Å²) in [5, 5.41) is 14.4. The fraction of sp³-hybridized carbons (Fsp3) is 0.323. The summed E-state index contributed by atoms with van der Waals surface area (Å²) in [7, 11) is 0. The fourth-order valence-corrected chi connectivity index (χ4v) is 4.94. The Morgan fingerprint density at radius 2 is 1.57 bits per heavy atom. The van der Waals surface area contributed by atoms with E-state index in [0.717, 1.165) is 42.6 Å². The van der Waals surface area contributed by atoms with Gasteiger partial charge in [-0.3, -0.25) is 4.79 Å². The Hall–Kier alpha value is -3.61. The van der Waals surface area contributed by atoms with Crippen LogP contribution in [-0.4, -0.2) is 54.8 Å². The Labute approximate surface area is 218 Å². The van der Waals surface area contributed by atoms with Crippen molar-refractivity contribution < 1.29 is 19.4 Å². The first-order valence-corrected chi connectivity index (χ1v) is 12.9. The third-order valence-electron chi connectivity index (χ3n) is 7.15. The minimum Gasteiger partial charge on any atom is -0.486 e. The van der Waals surface area contributed by atoms with Crippen LogP contribution in [0.4, 0.5) is 0 Å². The Morgan fingerprint density at radius 3 is 2.24 bits per heavy atom. The quantitative estimate of drug-likeness (QED) is 0.438. The summed E-state index contributed by atoms with van der Waals surface area (Å²) >= 11 is 0. The van der Waals surface area contributed by atoms with Crippen LogP contribution in [0.3, 0.4) is 0 Å². The van der Waals surface area contributed by atoms with Crippen LogP contribution in [0, 0.1) is 6.92 Å². The van der Waals surface area contributed by atoms with Crippen LogP contribution < -0.4 is 14.8 Å². The molecule has 2 heterocycles. The Morgan fingerprint density at radius 1 is 0.946 bits per heavy atom. The van der Waals surface area contributed by atoms with E-state index in [4.69, 9.17) is 9.47 Å².